The molecule has 170 valence electrons. The zero-order valence-electron chi connectivity index (χ0n) is 18.9. The van der Waals surface area contributed by atoms with Crippen LogP contribution in [0.15, 0.2) is 65.7 Å². The van der Waals surface area contributed by atoms with Crippen molar-refractivity contribution in [1.82, 2.24) is 23.8 Å². The van der Waals surface area contributed by atoms with Gasteiger partial charge in [0.15, 0.2) is 11.4 Å². The first-order chi connectivity index (χ1) is 16.3. The first-order valence-electron chi connectivity index (χ1n) is 10.8. The van der Waals surface area contributed by atoms with Crippen LogP contribution in [0.1, 0.15) is 28.4 Å². The third-order valence-electron chi connectivity index (χ3n) is 5.86. The zero-order valence-corrected chi connectivity index (χ0v) is 18.9. The predicted octanol–water partition coefficient (Wildman–Crippen LogP) is 3.27. The molecule has 34 heavy (non-hydrogen) atoms. The number of anilines is 1. The van der Waals surface area contributed by atoms with Crippen LogP contribution in [0.2, 0.25) is 0 Å². The zero-order chi connectivity index (χ0) is 24.0. The standard InChI is InChI=1S/C25H22N6O3/c1-15-4-5-19(12-16(15)2)21-13-22-24-28-31(25(34)29(24)10-11-30(22)27-21)14-23(33)26-20-8-6-18(7-9-20)17(3)32/h4-13H,14H2,1-3H3,(H,26,33). The number of carbonyl (C=O) groups excluding carboxylic acids is 2. The third-order valence-corrected chi connectivity index (χ3v) is 5.86. The fourth-order valence-corrected chi connectivity index (χ4v) is 3.80. The van der Waals surface area contributed by atoms with Crippen LogP contribution >= 0.6 is 0 Å². The van der Waals surface area contributed by atoms with E-state index in [9.17, 15) is 14.4 Å². The van der Waals surface area contributed by atoms with Crippen molar-refractivity contribution in [3.63, 3.8) is 0 Å². The van der Waals surface area contributed by atoms with Crippen LogP contribution in [0.4, 0.5) is 5.69 Å². The van der Waals surface area contributed by atoms with Crippen molar-refractivity contribution in [1.29, 1.82) is 0 Å². The number of hydrogen-bond donors (Lipinski definition) is 1. The summed E-state index contributed by atoms with van der Waals surface area (Å²) >= 11 is 0. The fraction of sp³-hybridized carbons (Fsp3) is 0.160. The number of fused-ring (bicyclic) bond motifs is 3. The molecule has 9 heteroatoms. The number of rotatable bonds is 5. The van der Waals surface area contributed by atoms with Gasteiger partial charge in [-0.15, -0.1) is 5.10 Å². The fourth-order valence-electron chi connectivity index (χ4n) is 3.80. The number of carbonyl (C=O) groups is 2. The first kappa shape index (κ1) is 21.3. The Kier molecular flexibility index (Phi) is 5.09. The van der Waals surface area contributed by atoms with Crippen molar-refractivity contribution >= 4 is 28.5 Å². The van der Waals surface area contributed by atoms with Gasteiger partial charge < -0.3 is 5.32 Å². The molecule has 0 fully saturated rings. The molecule has 2 aromatic carbocycles. The summed E-state index contributed by atoms with van der Waals surface area (Å²) in [5.74, 6) is -0.456. The van der Waals surface area contributed by atoms with Gasteiger partial charge in [0.2, 0.25) is 5.91 Å². The van der Waals surface area contributed by atoms with E-state index in [4.69, 9.17) is 0 Å². The lowest BCUT2D eigenvalue weighted by molar-refractivity contribution is -0.117. The predicted molar refractivity (Wildman–Crippen MR) is 128 cm³/mol. The van der Waals surface area contributed by atoms with Gasteiger partial charge in [0.05, 0.1) is 5.69 Å². The lowest BCUT2D eigenvalue weighted by Gasteiger charge is -2.05. The quantitative estimate of drug-likeness (QED) is 0.411. The van der Waals surface area contributed by atoms with Gasteiger partial charge in [0.25, 0.3) is 0 Å². The summed E-state index contributed by atoms with van der Waals surface area (Å²) in [6.07, 6.45) is 3.28. The topological polar surface area (TPSA) is 103 Å². The molecule has 0 saturated carbocycles. The minimum atomic E-state index is -0.423. The highest BCUT2D eigenvalue weighted by molar-refractivity contribution is 5.95. The van der Waals surface area contributed by atoms with Gasteiger partial charge in [-0.25, -0.2) is 18.4 Å². The number of Topliss-reactive ketones (excluding diaryl/α,β-unsaturated/α-hetero) is 1. The average molecular weight is 454 g/mol. The van der Waals surface area contributed by atoms with E-state index in [2.05, 4.69) is 41.5 Å². The average Bonchev–Trinajstić information content (AvgIpc) is 3.37. The van der Waals surface area contributed by atoms with Crippen LogP contribution in [-0.2, 0) is 11.3 Å². The van der Waals surface area contributed by atoms with E-state index >= 15 is 0 Å². The molecule has 0 saturated heterocycles. The molecule has 5 rings (SSSR count). The summed E-state index contributed by atoms with van der Waals surface area (Å²) in [6.45, 7) is 5.34. The molecule has 0 unspecified atom stereocenters. The van der Waals surface area contributed by atoms with Crippen LogP contribution in [0, 0.1) is 13.8 Å². The number of nitrogens with zero attached hydrogens (tertiary/aromatic N) is 5. The highest BCUT2D eigenvalue weighted by Gasteiger charge is 2.16. The van der Waals surface area contributed by atoms with Crippen molar-refractivity contribution in [2.75, 3.05) is 5.32 Å². The van der Waals surface area contributed by atoms with E-state index in [-0.39, 0.29) is 12.3 Å². The second-order valence-electron chi connectivity index (χ2n) is 8.27. The lowest BCUT2D eigenvalue weighted by Crippen LogP contribution is -2.28. The Morgan fingerprint density at radius 2 is 1.71 bits per heavy atom. The number of amides is 1. The minimum Gasteiger partial charge on any atom is -0.324 e. The largest absolute Gasteiger partial charge is 0.350 e. The number of ketones is 1. The van der Waals surface area contributed by atoms with E-state index in [0.29, 0.717) is 22.4 Å². The summed E-state index contributed by atoms with van der Waals surface area (Å²) in [5.41, 5.74) is 5.85. The van der Waals surface area contributed by atoms with Crippen LogP contribution in [0.5, 0.6) is 0 Å². The van der Waals surface area contributed by atoms with Crippen LogP contribution in [0.25, 0.3) is 22.4 Å². The SMILES string of the molecule is CC(=O)c1ccc(NC(=O)Cn2nc3c4cc(-c5ccc(C)c(C)c5)nn4ccn3c2=O)cc1. The molecule has 1 amide bonds. The number of benzene rings is 2. The van der Waals surface area contributed by atoms with Crippen molar-refractivity contribution in [2.45, 2.75) is 27.3 Å². The Labute approximate surface area is 194 Å². The summed E-state index contributed by atoms with van der Waals surface area (Å²) in [5, 5.41) is 11.8. The van der Waals surface area contributed by atoms with Crippen molar-refractivity contribution in [3.05, 3.63) is 88.1 Å². The van der Waals surface area contributed by atoms with Gasteiger partial charge in [0, 0.05) is 29.2 Å². The van der Waals surface area contributed by atoms with Gasteiger partial charge in [-0.2, -0.15) is 5.10 Å². The second-order valence-corrected chi connectivity index (χ2v) is 8.27. The summed E-state index contributed by atoms with van der Waals surface area (Å²) < 4.78 is 4.20. The van der Waals surface area contributed by atoms with Gasteiger partial charge >= 0.3 is 5.69 Å². The molecule has 5 aromatic rings. The molecule has 0 aliphatic rings. The minimum absolute atomic E-state index is 0.0546. The van der Waals surface area contributed by atoms with Gasteiger partial charge in [-0.3, -0.25) is 9.59 Å². The summed E-state index contributed by atoms with van der Waals surface area (Å²) in [7, 11) is 0. The number of aryl methyl sites for hydroxylation is 2. The summed E-state index contributed by atoms with van der Waals surface area (Å²) in [6, 6.07) is 14.6. The molecule has 9 nitrogen and oxygen atoms in total. The molecule has 0 atom stereocenters. The van der Waals surface area contributed by atoms with Crippen molar-refractivity contribution < 1.29 is 9.59 Å². The monoisotopic (exact) mass is 454 g/mol. The molecule has 1 N–H and O–H groups in total. The normalized spacial score (nSPS) is 11.3. The Morgan fingerprint density at radius 3 is 2.41 bits per heavy atom. The van der Waals surface area contributed by atoms with Crippen molar-refractivity contribution in [2.24, 2.45) is 0 Å². The molecule has 0 aliphatic heterocycles. The first-order valence-corrected chi connectivity index (χ1v) is 10.8. The highest BCUT2D eigenvalue weighted by Crippen LogP contribution is 2.23. The maximum Gasteiger partial charge on any atom is 0.350 e. The smallest absolute Gasteiger partial charge is 0.324 e. The molecule has 0 bridgehead atoms. The van der Waals surface area contributed by atoms with Gasteiger partial charge in [-0.05, 0) is 68.3 Å². The Bertz CT molecular complexity index is 1640. The van der Waals surface area contributed by atoms with Crippen LogP contribution in [-0.4, -0.2) is 35.5 Å². The van der Waals surface area contributed by atoms with Crippen LogP contribution in [0.3, 0.4) is 0 Å². The van der Waals surface area contributed by atoms with E-state index in [0.717, 1.165) is 15.9 Å². The Morgan fingerprint density at radius 1 is 0.941 bits per heavy atom. The molecule has 0 spiro atoms. The molecule has 0 aliphatic carbocycles. The summed E-state index contributed by atoms with van der Waals surface area (Å²) in [4.78, 5) is 36.8. The number of aromatic nitrogens is 5. The highest BCUT2D eigenvalue weighted by atomic mass is 16.2. The number of hydrogen-bond acceptors (Lipinski definition) is 5. The molecular formula is C25H22N6O3. The third kappa shape index (κ3) is 3.77. The maximum absolute atomic E-state index is 12.9. The Balaban J connectivity index is 1.45. The second kappa shape index (κ2) is 8.11. The van der Waals surface area contributed by atoms with E-state index < -0.39 is 11.6 Å². The number of nitrogens with one attached hydrogen (secondary N) is 1. The molecule has 0 radical (unpaired) electrons. The van der Waals surface area contributed by atoms with E-state index in [1.807, 2.05) is 12.1 Å². The van der Waals surface area contributed by atoms with E-state index in [1.54, 1.807) is 41.2 Å². The van der Waals surface area contributed by atoms with Gasteiger partial charge in [0.1, 0.15) is 12.1 Å². The molecule has 3 heterocycles. The Hall–Kier alpha value is -4.53. The lowest BCUT2D eigenvalue weighted by atomic mass is 10.0. The molecular weight excluding hydrogens is 432 g/mol. The van der Waals surface area contributed by atoms with Crippen molar-refractivity contribution in [3.8, 4) is 11.3 Å². The van der Waals surface area contributed by atoms with Gasteiger partial charge in [-0.1, -0.05) is 12.1 Å². The van der Waals surface area contributed by atoms with E-state index in [1.165, 1.54) is 22.5 Å². The maximum atomic E-state index is 12.9. The van der Waals surface area contributed by atoms with Crippen LogP contribution < -0.4 is 11.0 Å². The molecule has 3 aromatic heterocycles.